The molecule has 0 radical (unpaired) electrons. The van der Waals surface area contributed by atoms with Crippen LogP contribution in [0.3, 0.4) is 0 Å². The Hall–Kier alpha value is -2.15. The van der Waals surface area contributed by atoms with Crippen LogP contribution in [0.15, 0.2) is 29.2 Å². The Morgan fingerprint density at radius 3 is 2.70 bits per heavy atom. The van der Waals surface area contributed by atoms with Gasteiger partial charge < -0.3 is 0 Å². The number of rotatable bonds is 4. The maximum atomic E-state index is 12.0. The van der Waals surface area contributed by atoms with Crippen LogP contribution in [0, 0.1) is 10.1 Å². The largest absolute Gasteiger partial charge is 0.293 e. The summed E-state index contributed by atoms with van der Waals surface area (Å²) >= 11 is 0.813. The number of hydrogen-bond acceptors (Lipinski definition) is 5. The molecule has 104 valence electrons. The van der Waals surface area contributed by atoms with Crippen molar-refractivity contribution in [2.24, 2.45) is 0 Å². The van der Waals surface area contributed by atoms with Gasteiger partial charge in [0.1, 0.15) is 0 Å². The molecule has 2 rings (SSSR count). The van der Waals surface area contributed by atoms with Crippen LogP contribution < -0.4 is 0 Å². The fourth-order valence-corrected chi connectivity index (χ4v) is 2.69. The van der Waals surface area contributed by atoms with Crippen LogP contribution in [-0.2, 0) is 4.79 Å². The van der Waals surface area contributed by atoms with Crippen molar-refractivity contribution in [2.45, 2.75) is 13.3 Å². The van der Waals surface area contributed by atoms with Gasteiger partial charge in [0, 0.05) is 12.6 Å². The van der Waals surface area contributed by atoms with Gasteiger partial charge in [-0.15, -0.1) is 0 Å². The maximum absolute atomic E-state index is 12.0. The lowest BCUT2D eigenvalue weighted by atomic mass is 10.1. The van der Waals surface area contributed by atoms with Gasteiger partial charge in [-0.3, -0.25) is 24.6 Å². The van der Waals surface area contributed by atoms with Gasteiger partial charge in [-0.05, 0) is 30.3 Å². The summed E-state index contributed by atoms with van der Waals surface area (Å²) in [6.07, 6.45) is 2.08. The predicted octanol–water partition coefficient (Wildman–Crippen LogP) is 3.04. The third kappa shape index (κ3) is 2.72. The van der Waals surface area contributed by atoms with Crippen LogP contribution >= 0.6 is 11.8 Å². The van der Waals surface area contributed by atoms with Crippen molar-refractivity contribution in [2.75, 3.05) is 6.54 Å². The van der Waals surface area contributed by atoms with E-state index < -0.39 is 4.92 Å². The van der Waals surface area contributed by atoms with Gasteiger partial charge in [0.15, 0.2) is 0 Å². The highest BCUT2D eigenvalue weighted by Crippen LogP contribution is 2.33. The van der Waals surface area contributed by atoms with Crippen molar-refractivity contribution in [1.29, 1.82) is 0 Å². The fourth-order valence-electron chi connectivity index (χ4n) is 1.83. The van der Waals surface area contributed by atoms with E-state index in [0.717, 1.165) is 16.7 Å². The number of imide groups is 1. The molecule has 1 heterocycles. The standard InChI is InChI=1S/C13H12N2O4S/c1-2-7-14-12(16)11(20-13(14)17)8-9-5-3-4-6-10(9)15(18)19/h3-6,8H,2,7H2,1H3/b11-8+. The number of benzene rings is 1. The molecule has 20 heavy (non-hydrogen) atoms. The average Bonchev–Trinajstić information content (AvgIpc) is 2.67. The summed E-state index contributed by atoms with van der Waals surface area (Å²) in [5, 5.41) is 10.6. The Morgan fingerprint density at radius 2 is 2.05 bits per heavy atom. The zero-order chi connectivity index (χ0) is 14.7. The molecule has 1 aliphatic heterocycles. The van der Waals surface area contributed by atoms with Crippen LogP contribution in [0.1, 0.15) is 18.9 Å². The first-order chi connectivity index (χ1) is 9.54. The van der Waals surface area contributed by atoms with Crippen LogP contribution in [0.5, 0.6) is 0 Å². The van der Waals surface area contributed by atoms with E-state index in [0.29, 0.717) is 18.5 Å². The van der Waals surface area contributed by atoms with Crippen LogP contribution in [0.25, 0.3) is 6.08 Å². The lowest BCUT2D eigenvalue weighted by Crippen LogP contribution is -2.28. The minimum absolute atomic E-state index is 0.0882. The van der Waals surface area contributed by atoms with Gasteiger partial charge in [0.25, 0.3) is 16.8 Å². The number of amides is 2. The van der Waals surface area contributed by atoms with Gasteiger partial charge in [0.2, 0.25) is 0 Å². The van der Waals surface area contributed by atoms with Crippen molar-refractivity contribution in [3.8, 4) is 0 Å². The predicted molar refractivity (Wildman–Crippen MR) is 76.1 cm³/mol. The third-order valence-electron chi connectivity index (χ3n) is 2.74. The summed E-state index contributed by atoms with van der Waals surface area (Å²) in [5.41, 5.74) is 0.231. The van der Waals surface area contributed by atoms with E-state index in [-0.39, 0.29) is 21.7 Å². The molecule has 0 N–H and O–H groups in total. The Kier molecular flexibility index (Phi) is 4.19. The van der Waals surface area contributed by atoms with E-state index in [9.17, 15) is 19.7 Å². The second-order valence-corrected chi connectivity index (χ2v) is 5.14. The summed E-state index contributed by atoms with van der Waals surface area (Å²) in [4.78, 5) is 35.5. The number of carbonyl (C=O) groups excluding carboxylic acids is 2. The number of nitro benzene ring substituents is 1. The molecule has 0 saturated carbocycles. The highest BCUT2D eigenvalue weighted by atomic mass is 32.2. The number of thioether (sulfide) groups is 1. The smallest absolute Gasteiger partial charge is 0.268 e. The molecule has 1 fully saturated rings. The van der Waals surface area contributed by atoms with Gasteiger partial charge in [-0.1, -0.05) is 19.1 Å². The minimum atomic E-state index is -0.512. The van der Waals surface area contributed by atoms with Gasteiger partial charge in [-0.25, -0.2) is 0 Å². The first kappa shape index (κ1) is 14.3. The average molecular weight is 292 g/mol. The van der Waals surface area contributed by atoms with Gasteiger partial charge >= 0.3 is 0 Å². The first-order valence-corrected chi connectivity index (χ1v) is 6.85. The van der Waals surface area contributed by atoms with Crippen molar-refractivity contribution in [1.82, 2.24) is 4.90 Å². The molecule has 1 saturated heterocycles. The van der Waals surface area contributed by atoms with E-state index in [1.54, 1.807) is 18.2 Å². The summed E-state index contributed by atoms with van der Waals surface area (Å²) in [7, 11) is 0. The molecular formula is C13H12N2O4S. The van der Waals surface area contributed by atoms with Crippen molar-refractivity contribution in [3.05, 3.63) is 44.8 Å². The highest BCUT2D eigenvalue weighted by molar-refractivity contribution is 8.18. The maximum Gasteiger partial charge on any atom is 0.293 e. The van der Waals surface area contributed by atoms with E-state index in [1.165, 1.54) is 12.1 Å². The summed E-state index contributed by atoms with van der Waals surface area (Å²) in [6.45, 7) is 2.23. The zero-order valence-electron chi connectivity index (χ0n) is 10.7. The lowest BCUT2D eigenvalue weighted by molar-refractivity contribution is -0.385. The topological polar surface area (TPSA) is 80.5 Å². The number of para-hydroxylation sites is 1. The Bertz CT molecular complexity index is 612. The molecule has 2 amide bonds. The summed E-state index contributed by atoms with van der Waals surface area (Å²) in [5.74, 6) is -0.389. The molecule has 0 aromatic heterocycles. The third-order valence-corrected chi connectivity index (χ3v) is 3.65. The second kappa shape index (κ2) is 5.87. The van der Waals surface area contributed by atoms with E-state index in [4.69, 9.17) is 0 Å². The zero-order valence-corrected chi connectivity index (χ0v) is 11.6. The van der Waals surface area contributed by atoms with E-state index in [1.807, 2.05) is 6.92 Å². The number of nitrogens with zero attached hydrogens (tertiary/aromatic N) is 2. The van der Waals surface area contributed by atoms with Crippen molar-refractivity contribution in [3.63, 3.8) is 0 Å². The van der Waals surface area contributed by atoms with Crippen LogP contribution in [0.4, 0.5) is 10.5 Å². The Balaban J connectivity index is 2.35. The molecule has 0 atom stereocenters. The second-order valence-electron chi connectivity index (χ2n) is 4.15. The highest BCUT2D eigenvalue weighted by Gasteiger charge is 2.34. The minimum Gasteiger partial charge on any atom is -0.268 e. The van der Waals surface area contributed by atoms with Gasteiger partial charge in [-0.2, -0.15) is 0 Å². The number of hydrogen-bond donors (Lipinski definition) is 0. The number of carbonyl (C=O) groups is 2. The first-order valence-electron chi connectivity index (χ1n) is 6.03. The quantitative estimate of drug-likeness (QED) is 0.484. The van der Waals surface area contributed by atoms with E-state index >= 15 is 0 Å². The molecule has 0 spiro atoms. The monoisotopic (exact) mass is 292 g/mol. The molecule has 1 aromatic rings. The molecule has 6 nitrogen and oxygen atoms in total. The molecule has 1 aliphatic rings. The van der Waals surface area contributed by atoms with Crippen molar-refractivity contribution >= 4 is 34.7 Å². The fraction of sp³-hybridized carbons (Fsp3) is 0.231. The summed E-state index contributed by atoms with van der Waals surface area (Å²) in [6, 6.07) is 6.11. The summed E-state index contributed by atoms with van der Waals surface area (Å²) < 4.78 is 0. The normalized spacial score (nSPS) is 17.1. The molecule has 0 unspecified atom stereocenters. The molecule has 0 aliphatic carbocycles. The lowest BCUT2D eigenvalue weighted by Gasteiger charge is -2.09. The molecule has 7 heteroatoms. The van der Waals surface area contributed by atoms with Crippen LogP contribution in [-0.4, -0.2) is 27.5 Å². The molecule has 0 bridgehead atoms. The SMILES string of the molecule is CCCN1C(=O)S/C(=C/c2ccccc2[N+](=O)[O-])C1=O. The Morgan fingerprint density at radius 1 is 1.35 bits per heavy atom. The van der Waals surface area contributed by atoms with E-state index in [2.05, 4.69) is 0 Å². The molecular weight excluding hydrogens is 280 g/mol. The van der Waals surface area contributed by atoms with Crippen LogP contribution in [0.2, 0.25) is 0 Å². The number of nitro groups is 1. The van der Waals surface area contributed by atoms with Gasteiger partial charge in [0.05, 0.1) is 15.4 Å². The Labute approximate surface area is 119 Å². The molecule has 1 aromatic carbocycles. The van der Waals surface area contributed by atoms with Crippen molar-refractivity contribution < 1.29 is 14.5 Å².